The Morgan fingerprint density at radius 3 is 2.53 bits per heavy atom. The number of anilines is 1. The third-order valence-corrected chi connectivity index (χ3v) is 4.77. The molecule has 1 saturated carbocycles. The van der Waals surface area contributed by atoms with Gasteiger partial charge in [-0.15, -0.1) is 0 Å². The second kappa shape index (κ2) is 6.86. The summed E-state index contributed by atoms with van der Waals surface area (Å²) in [6.07, 6.45) is 6.29. The maximum Gasteiger partial charge on any atom is 0.143 e. The fourth-order valence-electron chi connectivity index (χ4n) is 2.59. The van der Waals surface area contributed by atoms with Gasteiger partial charge in [-0.2, -0.15) is 0 Å². The van der Waals surface area contributed by atoms with Crippen LogP contribution in [0.15, 0.2) is 0 Å². The molecule has 0 bridgehead atoms. The molecule has 1 fully saturated rings. The minimum Gasteiger partial charge on any atom is -0.369 e. The van der Waals surface area contributed by atoms with Gasteiger partial charge >= 0.3 is 0 Å². The molecule has 0 unspecified atom stereocenters. The lowest BCUT2D eigenvalue weighted by Gasteiger charge is -2.17. The minimum absolute atomic E-state index is 0.456. The van der Waals surface area contributed by atoms with Gasteiger partial charge in [-0.05, 0) is 47.8 Å². The van der Waals surface area contributed by atoms with Gasteiger partial charge in [0.25, 0.3) is 0 Å². The second-order valence-corrected chi connectivity index (χ2v) is 6.77. The number of hydrogen-bond acceptors (Lipinski definition) is 3. The molecule has 4 heteroatoms. The molecule has 0 aliphatic heterocycles. The van der Waals surface area contributed by atoms with Crippen molar-refractivity contribution in [2.75, 3.05) is 11.9 Å². The highest BCUT2D eigenvalue weighted by Crippen LogP contribution is 2.35. The number of nitrogens with zero attached hydrogens (tertiary/aromatic N) is 2. The molecular formula is C15H24IN3. The highest BCUT2D eigenvalue weighted by Gasteiger charge is 2.23. The van der Waals surface area contributed by atoms with E-state index in [1.807, 2.05) is 0 Å². The highest BCUT2D eigenvalue weighted by atomic mass is 127. The Labute approximate surface area is 130 Å². The fraction of sp³-hybridized carbons (Fsp3) is 0.733. The van der Waals surface area contributed by atoms with E-state index in [-0.39, 0.29) is 0 Å². The van der Waals surface area contributed by atoms with Crippen LogP contribution in [0.2, 0.25) is 0 Å². The number of aromatic nitrogens is 2. The zero-order valence-corrected chi connectivity index (χ0v) is 14.3. The van der Waals surface area contributed by atoms with Gasteiger partial charge in [-0.25, -0.2) is 9.97 Å². The largest absolute Gasteiger partial charge is 0.369 e. The summed E-state index contributed by atoms with van der Waals surface area (Å²) < 4.78 is 1.20. The van der Waals surface area contributed by atoms with E-state index in [9.17, 15) is 0 Å². The van der Waals surface area contributed by atoms with Crippen LogP contribution in [-0.4, -0.2) is 16.5 Å². The SMILES string of the molecule is CCCNc1nc(C2CCCC2)nc(C(C)C)c1I. The maximum absolute atomic E-state index is 4.86. The molecule has 106 valence electrons. The Kier molecular flexibility index (Phi) is 5.42. The van der Waals surface area contributed by atoms with Crippen LogP contribution in [0.1, 0.15) is 76.2 Å². The Morgan fingerprint density at radius 1 is 1.26 bits per heavy atom. The van der Waals surface area contributed by atoms with Crippen molar-refractivity contribution in [2.24, 2.45) is 0 Å². The lowest BCUT2D eigenvalue weighted by atomic mass is 10.1. The summed E-state index contributed by atoms with van der Waals surface area (Å²) in [5.74, 6) is 3.15. The Bertz CT molecular complexity index is 426. The lowest BCUT2D eigenvalue weighted by Crippen LogP contribution is -2.13. The van der Waals surface area contributed by atoms with Gasteiger partial charge < -0.3 is 5.32 Å². The van der Waals surface area contributed by atoms with Gasteiger partial charge in [0.1, 0.15) is 11.6 Å². The summed E-state index contributed by atoms with van der Waals surface area (Å²) in [5.41, 5.74) is 1.20. The molecule has 1 aromatic heterocycles. The standard InChI is InChI=1S/C15H24IN3/c1-4-9-17-15-12(16)13(10(2)3)18-14(19-15)11-7-5-6-8-11/h10-11H,4-9H2,1-3H3,(H,17,18,19). The quantitative estimate of drug-likeness (QED) is 0.762. The van der Waals surface area contributed by atoms with Gasteiger partial charge in [0.05, 0.1) is 9.26 Å². The van der Waals surface area contributed by atoms with Crippen LogP contribution in [0, 0.1) is 3.57 Å². The van der Waals surface area contributed by atoms with Crippen molar-refractivity contribution in [3.63, 3.8) is 0 Å². The first-order valence-corrected chi connectivity index (χ1v) is 8.52. The number of rotatable bonds is 5. The number of halogens is 1. The normalized spacial score (nSPS) is 16.3. The molecule has 0 spiro atoms. The zero-order valence-electron chi connectivity index (χ0n) is 12.2. The first-order chi connectivity index (χ1) is 9.13. The van der Waals surface area contributed by atoms with Crippen LogP contribution in [0.25, 0.3) is 0 Å². The molecule has 0 aromatic carbocycles. The van der Waals surface area contributed by atoms with Crippen molar-refractivity contribution >= 4 is 28.4 Å². The molecule has 3 nitrogen and oxygen atoms in total. The fourth-order valence-corrected chi connectivity index (χ4v) is 3.65. The Hall–Kier alpha value is -0.390. The van der Waals surface area contributed by atoms with Crippen molar-refractivity contribution in [1.82, 2.24) is 9.97 Å². The highest BCUT2D eigenvalue weighted by molar-refractivity contribution is 14.1. The molecule has 1 aliphatic rings. The van der Waals surface area contributed by atoms with Crippen molar-refractivity contribution in [2.45, 2.75) is 64.7 Å². The molecule has 19 heavy (non-hydrogen) atoms. The monoisotopic (exact) mass is 373 g/mol. The average Bonchev–Trinajstić information content (AvgIpc) is 2.91. The van der Waals surface area contributed by atoms with Crippen LogP contribution in [0.4, 0.5) is 5.82 Å². The van der Waals surface area contributed by atoms with Crippen molar-refractivity contribution in [1.29, 1.82) is 0 Å². The second-order valence-electron chi connectivity index (χ2n) is 5.69. The first-order valence-electron chi connectivity index (χ1n) is 7.44. The summed E-state index contributed by atoms with van der Waals surface area (Å²) in [6.45, 7) is 7.59. The third-order valence-electron chi connectivity index (χ3n) is 3.70. The van der Waals surface area contributed by atoms with Crippen LogP contribution < -0.4 is 5.32 Å². The van der Waals surface area contributed by atoms with Crippen LogP contribution in [0.3, 0.4) is 0 Å². The van der Waals surface area contributed by atoms with Gasteiger partial charge in [0.2, 0.25) is 0 Å². The van der Waals surface area contributed by atoms with Gasteiger partial charge in [-0.3, -0.25) is 0 Å². The van der Waals surface area contributed by atoms with Gasteiger partial charge in [0, 0.05) is 12.5 Å². The number of nitrogens with one attached hydrogen (secondary N) is 1. The summed E-state index contributed by atoms with van der Waals surface area (Å²) in [4.78, 5) is 9.67. The number of hydrogen-bond donors (Lipinski definition) is 1. The minimum atomic E-state index is 0.456. The molecule has 2 rings (SSSR count). The summed E-state index contributed by atoms with van der Waals surface area (Å²) in [6, 6.07) is 0. The van der Waals surface area contributed by atoms with Gasteiger partial charge in [0.15, 0.2) is 0 Å². The topological polar surface area (TPSA) is 37.8 Å². The smallest absolute Gasteiger partial charge is 0.143 e. The predicted molar refractivity (Wildman–Crippen MR) is 88.8 cm³/mol. The lowest BCUT2D eigenvalue weighted by molar-refractivity contribution is 0.650. The molecule has 0 radical (unpaired) electrons. The molecule has 0 amide bonds. The van der Waals surface area contributed by atoms with E-state index in [1.165, 1.54) is 34.9 Å². The van der Waals surface area contributed by atoms with Crippen molar-refractivity contribution < 1.29 is 0 Å². The van der Waals surface area contributed by atoms with E-state index in [0.29, 0.717) is 11.8 Å². The molecule has 0 saturated heterocycles. The summed E-state index contributed by atoms with van der Waals surface area (Å²) >= 11 is 2.39. The van der Waals surface area contributed by atoms with E-state index in [1.54, 1.807) is 0 Å². The van der Waals surface area contributed by atoms with Gasteiger partial charge in [-0.1, -0.05) is 33.6 Å². The van der Waals surface area contributed by atoms with E-state index in [4.69, 9.17) is 9.97 Å². The molecule has 0 atom stereocenters. The van der Waals surface area contributed by atoms with E-state index < -0.39 is 0 Å². The van der Waals surface area contributed by atoms with Crippen molar-refractivity contribution in [3.05, 3.63) is 15.1 Å². The van der Waals surface area contributed by atoms with Crippen LogP contribution in [0.5, 0.6) is 0 Å². The summed E-state index contributed by atoms with van der Waals surface area (Å²) in [5, 5.41) is 3.46. The summed E-state index contributed by atoms with van der Waals surface area (Å²) in [7, 11) is 0. The van der Waals surface area contributed by atoms with E-state index in [0.717, 1.165) is 24.6 Å². The average molecular weight is 373 g/mol. The van der Waals surface area contributed by atoms with Crippen LogP contribution in [-0.2, 0) is 0 Å². The Morgan fingerprint density at radius 2 is 1.95 bits per heavy atom. The third kappa shape index (κ3) is 3.58. The van der Waals surface area contributed by atoms with E-state index >= 15 is 0 Å². The molecular weight excluding hydrogens is 349 g/mol. The van der Waals surface area contributed by atoms with E-state index in [2.05, 4.69) is 48.7 Å². The molecule has 1 aromatic rings. The first kappa shape index (κ1) is 15.0. The zero-order chi connectivity index (χ0) is 13.8. The maximum atomic E-state index is 4.86. The van der Waals surface area contributed by atoms with Crippen molar-refractivity contribution in [3.8, 4) is 0 Å². The Balaban J connectivity index is 2.35. The predicted octanol–water partition coefficient (Wildman–Crippen LogP) is 4.68. The molecule has 1 aliphatic carbocycles. The van der Waals surface area contributed by atoms with Crippen LogP contribution >= 0.6 is 22.6 Å². The molecule has 1 N–H and O–H groups in total. The molecule has 1 heterocycles.